The molecule has 0 amide bonds. The Kier molecular flexibility index (Phi) is 2.85. The Labute approximate surface area is 111 Å². The topological polar surface area (TPSA) is 55.1 Å². The van der Waals surface area contributed by atoms with Crippen molar-refractivity contribution in [2.45, 2.75) is 32.6 Å². The molecule has 1 aromatic carbocycles. The minimum absolute atomic E-state index is 0.220. The Balaban J connectivity index is 2.22. The second-order valence-electron chi connectivity index (χ2n) is 4.98. The lowest BCUT2D eigenvalue weighted by atomic mass is 9.95. The van der Waals surface area contributed by atoms with Crippen LogP contribution >= 0.6 is 0 Å². The molecule has 4 heteroatoms. The van der Waals surface area contributed by atoms with Gasteiger partial charge in [-0.2, -0.15) is 5.10 Å². The maximum absolute atomic E-state index is 11.3. The fourth-order valence-electron chi connectivity index (χ4n) is 2.77. The molecule has 0 spiro atoms. The van der Waals surface area contributed by atoms with Gasteiger partial charge in [0.15, 0.2) is 5.69 Å². The summed E-state index contributed by atoms with van der Waals surface area (Å²) >= 11 is 0. The van der Waals surface area contributed by atoms with E-state index in [1.807, 2.05) is 35.9 Å². The molecular weight excluding hydrogens is 240 g/mol. The highest BCUT2D eigenvalue weighted by molar-refractivity contribution is 5.87. The minimum atomic E-state index is -0.925. The minimum Gasteiger partial charge on any atom is -0.476 e. The number of hydrogen-bond donors (Lipinski definition) is 1. The van der Waals surface area contributed by atoms with Crippen LogP contribution in [0.15, 0.2) is 24.3 Å². The third-order valence-corrected chi connectivity index (χ3v) is 3.73. The highest BCUT2D eigenvalue weighted by atomic mass is 16.4. The Morgan fingerprint density at radius 2 is 2.00 bits per heavy atom. The SMILES string of the molecule is Cc1ccccc1-n1nc(C(=O)O)c2c1CCCC2. The van der Waals surface area contributed by atoms with Crippen molar-refractivity contribution in [2.24, 2.45) is 0 Å². The van der Waals surface area contributed by atoms with Gasteiger partial charge in [0.2, 0.25) is 0 Å². The van der Waals surface area contributed by atoms with E-state index in [1.54, 1.807) is 0 Å². The number of fused-ring (bicyclic) bond motifs is 1. The lowest BCUT2D eigenvalue weighted by molar-refractivity contribution is 0.0688. The van der Waals surface area contributed by atoms with Crippen LogP contribution < -0.4 is 0 Å². The van der Waals surface area contributed by atoms with Gasteiger partial charge in [-0.3, -0.25) is 0 Å². The molecule has 2 aromatic rings. The quantitative estimate of drug-likeness (QED) is 0.898. The van der Waals surface area contributed by atoms with Crippen LogP contribution in [0.4, 0.5) is 0 Å². The number of rotatable bonds is 2. The Bertz CT molecular complexity index is 644. The van der Waals surface area contributed by atoms with Crippen molar-refractivity contribution in [3.63, 3.8) is 0 Å². The maximum Gasteiger partial charge on any atom is 0.356 e. The van der Waals surface area contributed by atoms with Gasteiger partial charge < -0.3 is 5.11 Å². The fraction of sp³-hybridized carbons (Fsp3) is 0.333. The van der Waals surface area contributed by atoms with Gasteiger partial charge >= 0.3 is 5.97 Å². The molecule has 0 aliphatic heterocycles. The lowest BCUT2D eigenvalue weighted by Crippen LogP contribution is -2.09. The lowest BCUT2D eigenvalue weighted by Gasteiger charge is -2.15. The normalized spacial score (nSPS) is 14.2. The molecule has 1 heterocycles. The molecule has 0 bridgehead atoms. The van der Waals surface area contributed by atoms with E-state index < -0.39 is 5.97 Å². The molecule has 19 heavy (non-hydrogen) atoms. The van der Waals surface area contributed by atoms with Gasteiger partial charge in [-0.15, -0.1) is 0 Å². The van der Waals surface area contributed by atoms with Crippen LogP contribution in [0.5, 0.6) is 0 Å². The molecule has 1 aliphatic carbocycles. The van der Waals surface area contributed by atoms with Gasteiger partial charge in [-0.05, 0) is 44.2 Å². The van der Waals surface area contributed by atoms with Crippen LogP contribution in [-0.2, 0) is 12.8 Å². The average molecular weight is 256 g/mol. The van der Waals surface area contributed by atoms with Crippen molar-refractivity contribution in [2.75, 3.05) is 0 Å². The molecule has 0 atom stereocenters. The van der Waals surface area contributed by atoms with Crippen LogP contribution in [0, 0.1) is 6.92 Å². The fourth-order valence-corrected chi connectivity index (χ4v) is 2.77. The van der Waals surface area contributed by atoms with E-state index >= 15 is 0 Å². The van der Waals surface area contributed by atoms with Crippen molar-refractivity contribution >= 4 is 5.97 Å². The number of nitrogens with zero attached hydrogens (tertiary/aromatic N) is 2. The predicted molar refractivity (Wildman–Crippen MR) is 71.9 cm³/mol. The molecule has 1 N–H and O–H groups in total. The van der Waals surface area contributed by atoms with Crippen molar-refractivity contribution in [1.82, 2.24) is 9.78 Å². The molecule has 0 saturated carbocycles. The van der Waals surface area contributed by atoms with Crippen LogP contribution in [0.1, 0.15) is 40.2 Å². The standard InChI is InChI=1S/C15H16N2O2/c1-10-6-2-4-8-12(10)17-13-9-5-3-7-11(13)14(16-17)15(18)19/h2,4,6,8H,3,5,7,9H2,1H3,(H,18,19). The molecule has 4 nitrogen and oxygen atoms in total. The average Bonchev–Trinajstić information content (AvgIpc) is 2.79. The zero-order valence-corrected chi connectivity index (χ0v) is 10.9. The van der Waals surface area contributed by atoms with Crippen LogP contribution in [0.25, 0.3) is 5.69 Å². The first kappa shape index (κ1) is 12.0. The molecule has 0 fully saturated rings. The zero-order chi connectivity index (χ0) is 13.4. The number of carboxylic acids is 1. The first-order valence-electron chi connectivity index (χ1n) is 6.58. The van der Waals surface area contributed by atoms with Crippen LogP contribution in [0.2, 0.25) is 0 Å². The first-order valence-corrected chi connectivity index (χ1v) is 6.58. The van der Waals surface area contributed by atoms with Crippen LogP contribution in [-0.4, -0.2) is 20.9 Å². The number of para-hydroxylation sites is 1. The van der Waals surface area contributed by atoms with E-state index in [1.165, 1.54) is 0 Å². The number of hydrogen-bond acceptors (Lipinski definition) is 2. The van der Waals surface area contributed by atoms with Gasteiger partial charge in [0.25, 0.3) is 0 Å². The highest BCUT2D eigenvalue weighted by Gasteiger charge is 2.25. The molecule has 1 aromatic heterocycles. The zero-order valence-electron chi connectivity index (χ0n) is 10.9. The summed E-state index contributed by atoms with van der Waals surface area (Å²) < 4.78 is 1.83. The predicted octanol–water partition coefficient (Wildman–Crippen LogP) is 2.76. The number of carbonyl (C=O) groups is 1. The van der Waals surface area contributed by atoms with Gasteiger partial charge in [-0.1, -0.05) is 18.2 Å². The molecule has 1 aliphatic rings. The number of benzene rings is 1. The van der Waals surface area contributed by atoms with Crippen molar-refractivity contribution in [3.05, 3.63) is 46.8 Å². The summed E-state index contributed by atoms with van der Waals surface area (Å²) in [6.45, 7) is 2.02. The van der Waals surface area contributed by atoms with E-state index in [0.717, 1.165) is 48.2 Å². The van der Waals surface area contributed by atoms with Gasteiger partial charge in [0.1, 0.15) is 0 Å². The smallest absolute Gasteiger partial charge is 0.356 e. The second kappa shape index (κ2) is 4.53. The third kappa shape index (κ3) is 1.93. The highest BCUT2D eigenvalue weighted by Crippen LogP contribution is 2.27. The Morgan fingerprint density at radius 3 is 2.74 bits per heavy atom. The first-order chi connectivity index (χ1) is 9.18. The number of carboxylic acid groups (broad SMARTS) is 1. The number of aryl methyl sites for hydroxylation is 1. The van der Waals surface area contributed by atoms with Crippen molar-refractivity contribution in [3.8, 4) is 5.69 Å². The molecule has 98 valence electrons. The summed E-state index contributed by atoms with van der Waals surface area (Å²) in [5.74, 6) is -0.925. The summed E-state index contributed by atoms with van der Waals surface area (Å²) in [7, 11) is 0. The van der Waals surface area contributed by atoms with Crippen LogP contribution in [0.3, 0.4) is 0 Å². The largest absolute Gasteiger partial charge is 0.476 e. The van der Waals surface area contributed by atoms with Gasteiger partial charge in [0.05, 0.1) is 5.69 Å². The van der Waals surface area contributed by atoms with Crippen molar-refractivity contribution in [1.29, 1.82) is 0 Å². The molecule has 3 rings (SSSR count). The molecule has 0 saturated heterocycles. The summed E-state index contributed by atoms with van der Waals surface area (Å²) in [5.41, 5.74) is 4.29. The summed E-state index contributed by atoms with van der Waals surface area (Å²) in [4.78, 5) is 11.3. The summed E-state index contributed by atoms with van der Waals surface area (Å²) in [5, 5.41) is 13.6. The monoisotopic (exact) mass is 256 g/mol. The Morgan fingerprint density at radius 1 is 1.26 bits per heavy atom. The number of aromatic carboxylic acids is 1. The van der Waals surface area contributed by atoms with Crippen molar-refractivity contribution < 1.29 is 9.90 Å². The summed E-state index contributed by atoms with van der Waals surface area (Å²) in [6, 6.07) is 7.95. The van der Waals surface area contributed by atoms with E-state index in [2.05, 4.69) is 5.10 Å². The van der Waals surface area contributed by atoms with E-state index in [4.69, 9.17) is 0 Å². The second-order valence-corrected chi connectivity index (χ2v) is 4.98. The van der Waals surface area contributed by atoms with Gasteiger partial charge in [-0.25, -0.2) is 9.48 Å². The molecule has 0 unspecified atom stereocenters. The maximum atomic E-state index is 11.3. The van der Waals surface area contributed by atoms with E-state index in [-0.39, 0.29) is 5.69 Å². The summed E-state index contributed by atoms with van der Waals surface area (Å²) in [6.07, 6.45) is 3.88. The van der Waals surface area contributed by atoms with E-state index in [9.17, 15) is 9.90 Å². The number of aromatic nitrogens is 2. The third-order valence-electron chi connectivity index (χ3n) is 3.73. The molecule has 0 radical (unpaired) electrons. The molecular formula is C15H16N2O2. The Hall–Kier alpha value is -2.10. The van der Waals surface area contributed by atoms with Gasteiger partial charge in [0, 0.05) is 11.3 Å². The van der Waals surface area contributed by atoms with E-state index in [0.29, 0.717) is 0 Å².